The van der Waals surface area contributed by atoms with Crippen molar-refractivity contribution in [2.24, 2.45) is 11.3 Å². The Hall–Kier alpha value is -0.0100. The molecule has 1 aromatic carbocycles. The van der Waals surface area contributed by atoms with Gasteiger partial charge >= 0.3 is 0 Å². The van der Waals surface area contributed by atoms with Crippen molar-refractivity contribution in [3.8, 4) is 0 Å². The molecule has 0 amide bonds. The standard InChI is InChI=1S/C17H26BrCl/c1-11(10-17(4,5)6)7-15(18)14-8-12(2)13(3)9-16(14)19/h8-9,11,15H,7,10H2,1-6H3. The Morgan fingerprint density at radius 3 is 2.21 bits per heavy atom. The quantitative estimate of drug-likeness (QED) is 0.523. The van der Waals surface area contributed by atoms with Crippen molar-refractivity contribution >= 4 is 27.5 Å². The highest BCUT2D eigenvalue weighted by atomic mass is 79.9. The van der Waals surface area contributed by atoms with E-state index in [1.807, 2.05) is 0 Å². The van der Waals surface area contributed by atoms with Crippen molar-refractivity contribution in [1.29, 1.82) is 0 Å². The molecule has 0 aliphatic rings. The number of hydrogen-bond donors (Lipinski definition) is 0. The van der Waals surface area contributed by atoms with Gasteiger partial charge in [0.2, 0.25) is 0 Å². The van der Waals surface area contributed by atoms with Crippen LogP contribution in [0.15, 0.2) is 12.1 Å². The minimum Gasteiger partial charge on any atom is -0.0840 e. The normalized spacial score (nSPS) is 15.4. The second kappa shape index (κ2) is 6.63. The summed E-state index contributed by atoms with van der Waals surface area (Å²) in [4.78, 5) is 0.344. The summed E-state index contributed by atoms with van der Waals surface area (Å²) in [7, 11) is 0. The van der Waals surface area contributed by atoms with Crippen LogP contribution in [0, 0.1) is 25.2 Å². The largest absolute Gasteiger partial charge is 0.0840 e. The van der Waals surface area contributed by atoms with Crippen LogP contribution in [0.2, 0.25) is 5.02 Å². The number of alkyl halides is 1. The van der Waals surface area contributed by atoms with Crippen LogP contribution in [0.25, 0.3) is 0 Å². The van der Waals surface area contributed by atoms with Crippen LogP contribution < -0.4 is 0 Å². The molecule has 1 rings (SSSR count). The second-order valence-electron chi connectivity index (χ2n) is 7.03. The van der Waals surface area contributed by atoms with Gasteiger partial charge in [0, 0.05) is 9.85 Å². The molecule has 0 heterocycles. The summed E-state index contributed by atoms with van der Waals surface area (Å²) >= 11 is 10.2. The molecule has 19 heavy (non-hydrogen) atoms. The third-order valence-corrected chi connectivity index (χ3v) is 4.72. The zero-order chi connectivity index (χ0) is 14.8. The van der Waals surface area contributed by atoms with E-state index in [0.717, 1.165) is 11.4 Å². The van der Waals surface area contributed by atoms with Gasteiger partial charge in [0.05, 0.1) is 0 Å². The maximum Gasteiger partial charge on any atom is 0.0452 e. The van der Waals surface area contributed by atoms with E-state index in [0.29, 0.717) is 16.2 Å². The van der Waals surface area contributed by atoms with Crippen molar-refractivity contribution < 1.29 is 0 Å². The molecular weight excluding hydrogens is 320 g/mol. The van der Waals surface area contributed by atoms with E-state index in [2.05, 4.69) is 69.6 Å². The van der Waals surface area contributed by atoms with E-state index < -0.39 is 0 Å². The highest BCUT2D eigenvalue weighted by molar-refractivity contribution is 9.09. The molecule has 2 heteroatoms. The third-order valence-electron chi connectivity index (χ3n) is 3.52. The van der Waals surface area contributed by atoms with Gasteiger partial charge in [0.1, 0.15) is 0 Å². The molecule has 108 valence electrons. The van der Waals surface area contributed by atoms with Crippen LogP contribution in [0.4, 0.5) is 0 Å². The Morgan fingerprint density at radius 1 is 1.16 bits per heavy atom. The Morgan fingerprint density at radius 2 is 1.68 bits per heavy atom. The fourth-order valence-corrected chi connectivity index (χ4v) is 4.15. The summed E-state index contributed by atoms with van der Waals surface area (Å²) in [6.45, 7) is 13.5. The molecule has 0 saturated heterocycles. The summed E-state index contributed by atoms with van der Waals surface area (Å²) < 4.78 is 0. The monoisotopic (exact) mass is 344 g/mol. The van der Waals surface area contributed by atoms with E-state index in [1.165, 1.54) is 23.1 Å². The smallest absolute Gasteiger partial charge is 0.0452 e. The molecule has 0 radical (unpaired) electrons. The van der Waals surface area contributed by atoms with Crippen LogP contribution in [-0.2, 0) is 0 Å². The van der Waals surface area contributed by atoms with Gasteiger partial charge in [0.25, 0.3) is 0 Å². The topological polar surface area (TPSA) is 0 Å². The molecular formula is C17H26BrCl. The number of aryl methyl sites for hydroxylation is 2. The Kier molecular flexibility index (Phi) is 5.95. The van der Waals surface area contributed by atoms with E-state index in [-0.39, 0.29) is 0 Å². The average Bonchev–Trinajstić information content (AvgIpc) is 2.20. The van der Waals surface area contributed by atoms with Gasteiger partial charge in [-0.05, 0) is 60.8 Å². The van der Waals surface area contributed by atoms with Gasteiger partial charge < -0.3 is 0 Å². The van der Waals surface area contributed by atoms with E-state index >= 15 is 0 Å². The number of rotatable bonds is 4. The lowest BCUT2D eigenvalue weighted by Crippen LogP contribution is -2.12. The van der Waals surface area contributed by atoms with Gasteiger partial charge in [-0.2, -0.15) is 0 Å². The number of halogens is 2. The predicted molar refractivity (Wildman–Crippen MR) is 90.4 cm³/mol. The molecule has 0 aliphatic carbocycles. The lowest BCUT2D eigenvalue weighted by atomic mass is 9.83. The van der Waals surface area contributed by atoms with Crippen LogP contribution in [-0.4, -0.2) is 0 Å². The molecule has 2 atom stereocenters. The van der Waals surface area contributed by atoms with Gasteiger partial charge in [-0.1, -0.05) is 61.3 Å². The van der Waals surface area contributed by atoms with Gasteiger partial charge in [-0.3, -0.25) is 0 Å². The minimum absolute atomic E-state index is 0.344. The molecule has 0 aromatic heterocycles. The highest BCUT2D eigenvalue weighted by Crippen LogP contribution is 2.38. The Balaban J connectivity index is 2.78. The lowest BCUT2D eigenvalue weighted by molar-refractivity contribution is 0.296. The molecule has 0 bridgehead atoms. The summed E-state index contributed by atoms with van der Waals surface area (Å²) in [5, 5.41) is 0.882. The molecule has 2 unspecified atom stereocenters. The molecule has 0 aliphatic heterocycles. The Bertz CT molecular complexity index is 432. The first-order chi connectivity index (χ1) is 8.60. The average molecular weight is 346 g/mol. The van der Waals surface area contributed by atoms with Crippen LogP contribution in [0.5, 0.6) is 0 Å². The molecule has 0 saturated carbocycles. The SMILES string of the molecule is Cc1cc(Cl)c(C(Br)CC(C)CC(C)(C)C)cc1C. The fourth-order valence-electron chi connectivity index (χ4n) is 2.65. The van der Waals surface area contributed by atoms with Crippen molar-refractivity contribution in [3.63, 3.8) is 0 Å². The summed E-state index contributed by atoms with van der Waals surface area (Å²) in [5.41, 5.74) is 4.19. The minimum atomic E-state index is 0.344. The fraction of sp³-hybridized carbons (Fsp3) is 0.647. The summed E-state index contributed by atoms with van der Waals surface area (Å²) in [6, 6.07) is 4.30. The first-order valence-corrected chi connectivity index (χ1v) is 8.30. The van der Waals surface area contributed by atoms with Crippen molar-refractivity contribution in [2.45, 2.75) is 59.2 Å². The summed E-state index contributed by atoms with van der Waals surface area (Å²) in [5.74, 6) is 0.682. The van der Waals surface area contributed by atoms with Crippen LogP contribution in [0.1, 0.15) is 62.1 Å². The molecule has 0 N–H and O–H groups in total. The Labute approximate surface area is 132 Å². The zero-order valence-corrected chi connectivity index (χ0v) is 15.3. The van der Waals surface area contributed by atoms with Crippen molar-refractivity contribution in [1.82, 2.24) is 0 Å². The lowest BCUT2D eigenvalue weighted by Gasteiger charge is -2.25. The first-order valence-electron chi connectivity index (χ1n) is 7.01. The van der Waals surface area contributed by atoms with E-state index in [1.54, 1.807) is 0 Å². The third kappa shape index (κ3) is 5.47. The van der Waals surface area contributed by atoms with Gasteiger partial charge in [-0.15, -0.1) is 0 Å². The van der Waals surface area contributed by atoms with Gasteiger partial charge in [0.15, 0.2) is 0 Å². The number of benzene rings is 1. The van der Waals surface area contributed by atoms with Crippen molar-refractivity contribution in [2.75, 3.05) is 0 Å². The first kappa shape index (κ1) is 17.0. The predicted octanol–water partition coefficient (Wildman–Crippen LogP) is 6.86. The molecule has 0 nitrogen and oxygen atoms in total. The van der Waals surface area contributed by atoms with Crippen molar-refractivity contribution in [3.05, 3.63) is 33.8 Å². The van der Waals surface area contributed by atoms with E-state index in [9.17, 15) is 0 Å². The maximum atomic E-state index is 6.38. The van der Waals surface area contributed by atoms with Crippen LogP contribution >= 0.6 is 27.5 Å². The van der Waals surface area contributed by atoms with Crippen LogP contribution in [0.3, 0.4) is 0 Å². The zero-order valence-electron chi connectivity index (χ0n) is 13.0. The molecule has 0 fully saturated rings. The van der Waals surface area contributed by atoms with Gasteiger partial charge in [-0.25, -0.2) is 0 Å². The highest BCUT2D eigenvalue weighted by Gasteiger charge is 2.20. The number of hydrogen-bond acceptors (Lipinski definition) is 0. The molecule has 1 aromatic rings. The molecule has 0 spiro atoms. The van der Waals surface area contributed by atoms with E-state index in [4.69, 9.17) is 11.6 Å². The second-order valence-corrected chi connectivity index (χ2v) is 8.54. The maximum absolute atomic E-state index is 6.38. The summed E-state index contributed by atoms with van der Waals surface area (Å²) in [6.07, 6.45) is 2.36.